The molecule has 2 aliphatic heterocycles. The highest BCUT2D eigenvalue weighted by Gasteiger charge is 2.29. The molecule has 2 N–H and O–H groups in total. The first kappa shape index (κ1) is 20.5. The molecular formula is C20H21ClF3N3O. The maximum Gasteiger partial charge on any atom is 0.322 e. The van der Waals surface area contributed by atoms with Crippen molar-refractivity contribution in [3.63, 3.8) is 0 Å². The summed E-state index contributed by atoms with van der Waals surface area (Å²) in [6.07, 6.45) is 2.19. The first-order valence-corrected chi connectivity index (χ1v) is 9.05. The minimum Gasteiger partial charge on any atom is -0.317 e. The van der Waals surface area contributed by atoms with Crippen LogP contribution < -0.4 is 10.6 Å². The van der Waals surface area contributed by atoms with E-state index in [1.807, 2.05) is 24.3 Å². The Kier molecular flexibility index (Phi) is 6.15. The number of piperidine rings is 1. The SMILES string of the molecule is Cl.O=C(Nc1ccc(C2CCNCC2)cc1)N1Cc2cc(F)c(F)c(F)c2C1. The lowest BCUT2D eigenvalue weighted by atomic mass is 9.90. The summed E-state index contributed by atoms with van der Waals surface area (Å²) in [6.45, 7) is 1.98. The minimum atomic E-state index is -1.50. The zero-order valence-electron chi connectivity index (χ0n) is 15.1. The molecule has 1 fully saturated rings. The number of urea groups is 1. The second kappa shape index (κ2) is 8.41. The summed E-state index contributed by atoms with van der Waals surface area (Å²) in [5.74, 6) is -3.42. The third-order valence-corrected chi connectivity index (χ3v) is 5.33. The molecule has 8 heteroatoms. The molecule has 1 saturated heterocycles. The predicted octanol–water partition coefficient (Wildman–Crippen LogP) is 4.54. The second-order valence-corrected chi connectivity index (χ2v) is 7.06. The fourth-order valence-corrected chi connectivity index (χ4v) is 3.79. The lowest BCUT2D eigenvalue weighted by Gasteiger charge is -2.23. The van der Waals surface area contributed by atoms with Gasteiger partial charge in [-0.3, -0.25) is 0 Å². The van der Waals surface area contributed by atoms with Crippen LogP contribution in [0.1, 0.15) is 35.4 Å². The molecule has 4 rings (SSSR count). The van der Waals surface area contributed by atoms with E-state index in [4.69, 9.17) is 0 Å². The van der Waals surface area contributed by atoms with Crippen molar-refractivity contribution in [2.75, 3.05) is 18.4 Å². The van der Waals surface area contributed by atoms with Gasteiger partial charge in [-0.2, -0.15) is 0 Å². The molecule has 0 atom stereocenters. The molecular weight excluding hydrogens is 391 g/mol. The molecule has 0 aliphatic carbocycles. The van der Waals surface area contributed by atoms with E-state index in [9.17, 15) is 18.0 Å². The zero-order valence-corrected chi connectivity index (χ0v) is 15.9. The zero-order chi connectivity index (χ0) is 19.0. The number of benzene rings is 2. The van der Waals surface area contributed by atoms with Crippen molar-refractivity contribution in [3.8, 4) is 0 Å². The Morgan fingerprint density at radius 3 is 2.39 bits per heavy atom. The summed E-state index contributed by atoms with van der Waals surface area (Å²) < 4.78 is 40.6. The summed E-state index contributed by atoms with van der Waals surface area (Å²) in [5, 5.41) is 6.10. The van der Waals surface area contributed by atoms with Gasteiger partial charge in [-0.1, -0.05) is 12.1 Å². The van der Waals surface area contributed by atoms with Gasteiger partial charge in [-0.25, -0.2) is 18.0 Å². The van der Waals surface area contributed by atoms with Gasteiger partial charge in [-0.15, -0.1) is 12.4 Å². The summed E-state index contributed by atoms with van der Waals surface area (Å²) in [5.41, 5.74) is 2.20. The van der Waals surface area contributed by atoms with Crippen LogP contribution >= 0.6 is 12.4 Å². The van der Waals surface area contributed by atoms with E-state index in [0.717, 1.165) is 32.0 Å². The van der Waals surface area contributed by atoms with E-state index in [1.54, 1.807) is 0 Å². The number of carbonyl (C=O) groups excluding carboxylic acids is 1. The maximum absolute atomic E-state index is 13.9. The molecule has 2 aliphatic rings. The molecule has 2 amide bonds. The third kappa shape index (κ3) is 3.95. The highest BCUT2D eigenvalue weighted by molar-refractivity contribution is 5.89. The van der Waals surface area contributed by atoms with E-state index in [1.165, 1.54) is 10.5 Å². The van der Waals surface area contributed by atoms with Crippen molar-refractivity contribution in [2.45, 2.75) is 31.8 Å². The van der Waals surface area contributed by atoms with E-state index in [2.05, 4.69) is 10.6 Å². The van der Waals surface area contributed by atoms with Crippen LogP contribution in [0.3, 0.4) is 0 Å². The topological polar surface area (TPSA) is 44.4 Å². The van der Waals surface area contributed by atoms with Gasteiger partial charge in [0.15, 0.2) is 17.5 Å². The van der Waals surface area contributed by atoms with Gasteiger partial charge in [0, 0.05) is 17.8 Å². The molecule has 2 heterocycles. The van der Waals surface area contributed by atoms with Gasteiger partial charge in [0.1, 0.15) is 0 Å². The van der Waals surface area contributed by atoms with E-state index in [0.29, 0.717) is 17.2 Å². The summed E-state index contributed by atoms with van der Waals surface area (Å²) in [6, 6.07) is 8.23. The van der Waals surface area contributed by atoms with Gasteiger partial charge in [0.25, 0.3) is 0 Å². The third-order valence-electron chi connectivity index (χ3n) is 5.33. The Labute approximate surface area is 167 Å². The monoisotopic (exact) mass is 411 g/mol. The second-order valence-electron chi connectivity index (χ2n) is 7.06. The van der Waals surface area contributed by atoms with Gasteiger partial charge in [0.05, 0.1) is 6.54 Å². The van der Waals surface area contributed by atoms with Crippen molar-refractivity contribution < 1.29 is 18.0 Å². The van der Waals surface area contributed by atoms with Crippen LogP contribution in [0.2, 0.25) is 0 Å². The number of fused-ring (bicyclic) bond motifs is 1. The lowest BCUT2D eigenvalue weighted by molar-refractivity contribution is 0.212. The molecule has 2 aromatic rings. The standard InChI is InChI=1S/C20H20F3N3O.ClH/c21-17-9-14-10-26(11-16(14)18(22)19(17)23)20(27)25-15-3-1-12(2-4-15)13-5-7-24-8-6-13;/h1-4,9,13,24H,5-8,10-11H2,(H,25,27);1H. The van der Waals surface area contributed by atoms with Gasteiger partial charge < -0.3 is 15.5 Å². The van der Waals surface area contributed by atoms with E-state index in [-0.39, 0.29) is 31.1 Å². The average molecular weight is 412 g/mol. The number of amides is 2. The van der Waals surface area contributed by atoms with E-state index >= 15 is 0 Å². The highest BCUT2D eigenvalue weighted by atomic mass is 35.5. The first-order valence-electron chi connectivity index (χ1n) is 9.05. The molecule has 2 aromatic carbocycles. The predicted molar refractivity (Wildman–Crippen MR) is 103 cm³/mol. The molecule has 0 radical (unpaired) electrons. The normalized spacial score (nSPS) is 16.5. The van der Waals surface area contributed by atoms with Crippen molar-refractivity contribution in [2.24, 2.45) is 0 Å². The fraction of sp³-hybridized carbons (Fsp3) is 0.350. The number of hydrogen-bond acceptors (Lipinski definition) is 2. The number of hydrogen-bond donors (Lipinski definition) is 2. The molecule has 150 valence electrons. The van der Waals surface area contributed by atoms with Crippen LogP contribution in [0.15, 0.2) is 30.3 Å². The van der Waals surface area contributed by atoms with Crippen molar-refractivity contribution >= 4 is 24.1 Å². The average Bonchev–Trinajstić information content (AvgIpc) is 3.12. The summed E-state index contributed by atoms with van der Waals surface area (Å²) >= 11 is 0. The van der Waals surface area contributed by atoms with Gasteiger partial charge >= 0.3 is 6.03 Å². The molecule has 0 spiro atoms. The van der Waals surface area contributed by atoms with E-state index < -0.39 is 23.5 Å². The molecule has 28 heavy (non-hydrogen) atoms. The van der Waals surface area contributed by atoms with Crippen molar-refractivity contribution in [1.29, 1.82) is 0 Å². The number of carbonyl (C=O) groups is 1. The van der Waals surface area contributed by atoms with Crippen LogP contribution in [0.25, 0.3) is 0 Å². The van der Waals surface area contributed by atoms with Crippen LogP contribution in [-0.4, -0.2) is 24.0 Å². The lowest BCUT2D eigenvalue weighted by Crippen LogP contribution is -2.30. The first-order chi connectivity index (χ1) is 13.0. The molecule has 0 aromatic heterocycles. The Morgan fingerprint density at radius 1 is 1.04 bits per heavy atom. The number of halogens is 4. The molecule has 4 nitrogen and oxygen atoms in total. The minimum absolute atomic E-state index is 0. The Hall–Kier alpha value is -2.25. The quantitative estimate of drug-likeness (QED) is 0.712. The number of rotatable bonds is 2. The number of nitrogens with zero attached hydrogens (tertiary/aromatic N) is 1. The Bertz CT molecular complexity index is 870. The Morgan fingerprint density at radius 2 is 1.71 bits per heavy atom. The van der Waals surface area contributed by atoms with Crippen LogP contribution in [-0.2, 0) is 13.1 Å². The summed E-state index contributed by atoms with van der Waals surface area (Å²) in [4.78, 5) is 13.8. The smallest absolute Gasteiger partial charge is 0.317 e. The summed E-state index contributed by atoms with van der Waals surface area (Å²) in [7, 11) is 0. The molecule has 0 bridgehead atoms. The van der Waals surface area contributed by atoms with Crippen molar-refractivity contribution in [1.82, 2.24) is 10.2 Å². The molecule has 0 saturated carbocycles. The fourth-order valence-electron chi connectivity index (χ4n) is 3.79. The maximum atomic E-state index is 13.9. The number of nitrogens with one attached hydrogen (secondary N) is 2. The van der Waals surface area contributed by atoms with Crippen molar-refractivity contribution in [3.05, 3.63) is 64.5 Å². The van der Waals surface area contributed by atoms with Gasteiger partial charge in [-0.05, 0) is 61.2 Å². The largest absolute Gasteiger partial charge is 0.322 e. The van der Waals surface area contributed by atoms with Crippen LogP contribution in [0.4, 0.5) is 23.7 Å². The van der Waals surface area contributed by atoms with Gasteiger partial charge in [0.2, 0.25) is 0 Å². The Balaban J connectivity index is 0.00000225. The number of anilines is 1. The van der Waals surface area contributed by atoms with Crippen LogP contribution in [0, 0.1) is 17.5 Å². The van der Waals surface area contributed by atoms with Crippen LogP contribution in [0.5, 0.6) is 0 Å². The highest BCUT2D eigenvalue weighted by Crippen LogP contribution is 2.30. The molecule has 0 unspecified atom stereocenters.